The number of hydrogen-bond acceptors (Lipinski definition) is 2. The van der Waals surface area contributed by atoms with E-state index in [0.29, 0.717) is 22.0 Å². The number of hydrazine groups is 1. The third-order valence-electron chi connectivity index (χ3n) is 2.96. The first-order valence-corrected chi connectivity index (χ1v) is 6.71. The average molecular weight is 287 g/mol. The molecular weight excluding hydrogens is 271 g/mol. The minimum absolute atomic E-state index is 0.353. The summed E-state index contributed by atoms with van der Waals surface area (Å²) in [5.74, 6) is 6.02. The van der Waals surface area contributed by atoms with E-state index in [-0.39, 0.29) is 0 Å². The summed E-state index contributed by atoms with van der Waals surface area (Å²) >= 11 is 11.8. The second-order valence-electron chi connectivity index (χ2n) is 4.31. The Bertz CT molecular complexity index is 442. The van der Waals surface area contributed by atoms with E-state index in [1.54, 1.807) is 12.1 Å². The molecule has 0 unspecified atom stereocenters. The maximum Gasteiger partial charge on any atom is 0.210 e. The summed E-state index contributed by atoms with van der Waals surface area (Å²) in [4.78, 5) is 4.53. The number of aliphatic imine (C=N–C) groups is 1. The summed E-state index contributed by atoms with van der Waals surface area (Å²) in [6.07, 6.45) is 4.71. The molecule has 1 aliphatic rings. The first-order chi connectivity index (χ1) is 8.69. The zero-order chi connectivity index (χ0) is 13.0. The van der Waals surface area contributed by atoms with Crippen LogP contribution in [0.15, 0.2) is 23.2 Å². The zero-order valence-electron chi connectivity index (χ0n) is 9.92. The van der Waals surface area contributed by atoms with Crippen molar-refractivity contribution in [1.29, 1.82) is 0 Å². The van der Waals surface area contributed by atoms with Crippen LogP contribution in [0, 0.1) is 0 Å². The van der Waals surface area contributed by atoms with Crippen LogP contribution < -0.4 is 16.6 Å². The Morgan fingerprint density at radius 3 is 2.56 bits per heavy atom. The number of rotatable bonds is 2. The van der Waals surface area contributed by atoms with Crippen molar-refractivity contribution in [2.75, 3.05) is 5.32 Å². The van der Waals surface area contributed by atoms with Crippen LogP contribution >= 0.6 is 23.2 Å². The van der Waals surface area contributed by atoms with Gasteiger partial charge in [-0.25, -0.2) is 10.8 Å². The summed E-state index contributed by atoms with van der Waals surface area (Å²) in [5.41, 5.74) is 3.38. The molecule has 1 aromatic rings. The number of anilines is 1. The molecule has 0 aromatic heterocycles. The SMILES string of the molecule is NNC(=NC1CCCC1)Nc1ccc(Cl)c(Cl)c1. The van der Waals surface area contributed by atoms with E-state index >= 15 is 0 Å². The number of nitrogens with two attached hydrogens (primary N) is 1. The zero-order valence-corrected chi connectivity index (χ0v) is 11.4. The highest BCUT2D eigenvalue weighted by atomic mass is 35.5. The van der Waals surface area contributed by atoms with Crippen molar-refractivity contribution in [1.82, 2.24) is 5.43 Å². The molecule has 0 aliphatic heterocycles. The fourth-order valence-corrected chi connectivity index (χ4v) is 2.33. The van der Waals surface area contributed by atoms with Gasteiger partial charge in [-0.1, -0.05) is 36.0 Å². The van der Waals surface area contributed by atoms with Gasteiger partial charge in [0.15, 0.2) is 0 Å². The number of guanidine groups is 1. The second kappa shape index (κ2) is 6.27. The lowest BCUT2D eigenvalue weighted by Crippen LogP contribution is -2.37. The topological polar surface area (TPSA) is 62.4 Å². The summed E-state index contributed by atoms with van der Waals surface area (Å²) in [7, 11) is 0. The second-order valence-corrected chi connectivity index (χ2v) is 5.13. The quantitative estimate of drug-likeness (QED) is 0.339. The van der Waals surface area contributed by atoms with Gasteiger partial charge in [0.1, 0.15) is 0 Å². The molecule has 1 aliphatic carbocycles. The van der Waals surface area contributed by atoms with Crippen LogP contribution in [0.2, 0.25) is 10.0 Å². The largest absolute Gasteiger partial charge is 0.325 e. The highest BCUT2D eigenvalue weighted by molar-refractivity contribution is 6.42. The minimum Gasteiger partial charge on any atom is -0.325 e. The first kappa shape index (κ1) is 13.5. The standard InChI is InChI=1S/C12H16Cl2N4/c13-10-6-5-9(7-11(10)14)17-12(18-15)16-8-3-1-2-4-8/h5-8H,1-4,15H2,(H2,16,17,18). The fraction of sp³-hybridized carbons (Fsp3) is 0.417. The van der Waals surface area contributed by atoms with Crippen molar-refractivity contribution < 1.29 is 0 Å². The molecule has 6 heteroatoms. The molecule has 0 spiro atoms. The molecule has 0 amide bonds. The van der Waals surface area contributed by atoms with E-state index in [9.17, 15) is 0 Å². The number of hydrogen-bond donors (Lipinski definition) is 3. The van der Waals surface area contributed by atoms with Crippen LogP contribution in [0.3, 0.4) is 0 Å². The number of benzene rings is 1. The van der Waals surface area contributed by atoms with Crippen LogP contribution in [0.1, 0.15) is 25.7 Å². The minimum atomic E-state index is 0.353. The smallest absolute Gasteiger partial charge is 0.210 e. The molecule has 1 fully saturated rings. The average Bonchev–Trinajstić information content (AvgIpc) is 2.86. The van der Waals surface area contributed by atoms with Gasteiger partial charge in [0.05, 0.1) is 16.1 Å². The Balaban J connectivity index is 2.07. The van der Waals surface area contributed by atoms with Crippen molar-refractivity contribution in [2.45, 2.75) is 31.7 Å². The van der Waals surface area contributed by atoms with Crippen LogP contribution in [0.4, 0.5) is 5.69 Å². The third-order valence-corrected chi connectivity index (χ3v) is 3.69. The molecule has 98 valence electrons. The van der Waals surface area contributed by atoms with E-state index < -0.39 is 0 Å². The molecule has 1 aromatic carbocycles. The predicted octanol–water partition coefficient (Wildman–Crippen LogP) is 3.17. The van der Waals surface area contributed by atoms with Gasteiger partial charge in [-0.05, 0) is 31.0 Å². The van der Waals surface area contributed by atoms with E-state index in [1.807, 2.05) is 6.07 Å². The summed E-state index contributed by atoms with van der Waals surface area (Å²) in [5, 5.41) is 4.12. The molecule has 0 heterocycles. The molecule has 0 radical (unpaired) electrons. The van der Waals surface area contributed by atoms with Gasteiger partial charge in [-0.3, -0.25) is 5.43 Å². The molecule has 1 saturated carbocycles. The van der Waals surface area contributed by atoms with Gasteiger partial charge in [0.2, 0.25) is 5.96 Å². The lowest BCUT2D eigenvalue weighted by atomic mass is 10.3. The molecular formula is C12H16Cl2N4. The first-order valence-electron chi connectivity index (χ1n) is 5.95. The van der Waals surface area contributed by atoms with Crippen molar-refractivity contribution in [3.63, 3.8) is 0 Å². The summed E-state index contributed by atoms with van der Waals surface area (Å²) < 4.78 is 0. The number of halogens is 2. The van der Waals surface area contributed by atoms with Gasteiger partial charge in [-0.15, -0.1) is 0 Å². The molecule has 0 atom stereocenters. The Labute approximate surface area is 117 Å². The lowest BCUT2D eigenvalue weighted by Gasteiger charge is -2.12. The predicted molar refractivity (Wildman–Crippen MR) is 77.1 cm³/mol. The van der Waals surface area contributed by atoms with Crippen LogP contribution in [-0.4, -0.2) is 12.0 Å². The van der Waals surface area contributed by atoms with Crippen molar-refractivity contribution in [3.8, 4) is 0 Å². The van der Waals surface area contributed by atoms with Crippen LogP contribution in [0.25, 0.3) is 0 Å². The third kappa shape index (κ3) is 3.51. The Hall–Kier alpha value is -0.970. The highest BCUT2D eigenvalue weighted by Crippen LogP contribution is 2.25. The van der Waals surface area contributed by atoms with Gasteiger partial charge in [0, 0.05) is 5.69 Å². The normalized spacial score (nSPS) is 16.9. The van der Waals surface area contributed by atoms with E-state index in [2.05, 4.69) is 15.7 Å². The van der Waals surface area contributed by atoms with Gasteiger partial charge >= 0.3 is 0 Å². The van der Waals surface area contributed by atoms with Gasteiger partial charge < -0.3 is 5.32 Å². The molecule has 18 heavy (non-hydrogen) atoms. The Morgan fingerprint density at radius 2 is 1.94 bits per heavy atom. The van der Waals surface area contributed by atoms with E-state index in [1.165, 1.54) is 12.8 Å². The molecule has 0 bridgehead atoms. The Morgan fingerprint density at radius 1 is 1.22 bits per heavy atom. The maximum absolute atomic E-state index is 5.95. The number of nitrogens with one attached hydrogen (secondary N) is 2. The van der Waals surface area contributed by atoms with Gasteiger partial charge in [0.25, 0.3) is 0 Å². The molecule has 4 N–H and O–H groups in total. The lowest BCUT2D eigenvalue weighted by molar-refractivity contribution is 0.700. The van der Waals surface area contributed by atoms with Crippen molar-refractivity contribution in [3.05, 3.63) is 28.2 Å². The van der Waals surface area contributed by atoms with Crippen molar-refractivity contribution >= 4 is 34.8 Å². The van der Waals surface area contributed by atoms with E-state index in [4.69, 9.17) is 29.0 Å². The molecule has 0 saturated heterocycles. The maximum atomic E-state index is 5.95. The molecule has 2 rings (SSSR count). The van der Waals surface area contributed by atoms with Crippen LogP contribution in [0.5, 0.6) is 0 Å². The van der Waals surface area contributed by atoms with E-state index in [0.717, 1.165) is 18.5 Å². The van der Waals surface area contributed by atoms with Crippen LogP contribution in [-0.2, 0) is 0 Å². The monoisotopic (exact) mass is 286 g/mol. The summed E-state index contributed by atoms with van der Waals surface area (Å²) in [6, 6.07) is 5.66. The number of nitrogens with zero attached hydrogens (tertiary/aromatic N) is 1. The fourth-order valence-electron chi connectivity index (χ4n) is 2.03. The summed E-state index contributed by atoms with van der Waals surface area (Å²) in [6.45, 7) is 0. The van der Waals surface area contributed by atoms with Crippen molar-refractivity contribution in [2.24, 2.45) is 10.8 Å². The molecule has 4 nitrogen and oxygen atoms in total. The Kier molecular flexibility index (Phi) is 4.69. The van der Waals surface area contributed by atoms with Gasteiger partial charge in [-0.2, -0.15) is 0 Å². The highest BCUT2D eigenvalue weighted by Gasteiger charge is 2.14.